The van der Waals surface area contributed by atoms with Gasteiger partial charge in [0, 0.05) is 27.6 Å². The minimum absolute atomic E-state index is 0.00430. The van der Waals surface area contributed by atoms with Crippen LogP contribution >= 0.6 is 35.0 Å². The Balaban J connectivity index is 1.71. The van der Waals surface area contributed by atoms with Crippen LogP contribution in [0, 0.1) is 10.1 Å². The second kappa shape index (κ2) is 7.21. The van der Waals surface area contributed by atoms with E-state index in [-0.39, 0.29) is 5.69 Å². The molecule has 3 rings (SSSR count). The molecule has 0 fully saturated rings. The lowest BCUT2D eigenvalue weighted by atomic mass is 10.2. The molecule has 24 heavy (non-hydrogen) atoms. The highest BCUT2D eigenvalue weighted by atomic mass is 35.5. The van der Waals surface area contributed by atoms with Gasteiger partial charge in [0.05, 0.1) is 15.7 Å². The van der Waals surface area contributed by atoms with Crippen LogP contribution in [-0.4, -0.2) is 15.1 Å². The normalized spacial score (nSPS) is 10.8. The van der Waals surface area contributed by atoms with Crippen LogP contribution < -0.4 is 0 Å². The summed E-state index contributed by atoms with van der Waals surface area (Å²) in [5.74, 6) is 1.15. The molecule has 0 unspecified atom stereocenters. The lowest BCUT2D eigenvalue weighted by Crippen LogP contribution is -1.87. The number of hydrogen-bond acceptors (Lipinski definition) is 6. The Morgan fingerprint density at radius 2 is 1.88 bits per heavy atom. The van der Waals surface area contributed by atoms with Crippen LogP contribution in [0.4, 0.5) is 5.69 Å². The number of non-ortho nitro benzene ring substituents is 1. The Morgan fingerprint density at radius 3 is 2.58 bits per heavy atom. The number of halogens is 2. The molecule has 0 aliphatic heterocycles. The van der Waals surface area contributed by atoms with Gasteiger partial charge in [0.1, 0.15) is 0 Å². The van der Waals surface area contributed by atoms with E-state index in [1.807, 2.05) is 0 Å². The summed E-state index contributed by atoms with van der Waals surface area (Å²) in [4.78, 5) is 11.0. The van der Waals surface area contributed by atoms with Crippen molar-refractivity contribution in [2.75, 3.05) is 0 Å². The third-order valence-electron chi connectivity index (χ3n) is 3.04. The van der Waals surface area contributed by atoms with Crippen molar-refractivity contribution in [1.29, 1.82) is 0 Å². The van der Waals surface area contributed by atoms with Gasteiger partial charge in [0.25, 0.3) is 5.69 Å². The molecular weight excluding hydrogens is 373 g/mol. The van der Waals surface area contributed by atoms with Crippen LogP contribution in [0.3, 0.4) is 0 Å². The van der Waals surface area contributed by atoms with E-state index in [9.17, 15) is 10.1 Å². The highest BCUT2D eigenvalue weighted by Gasteiger charge is 2.12. The SMILES string of the molecule is O=[N+]([O-])c1ccc(-c2nnc(CSc3cc(Cl)ccc3Cl)o2)cc1. The number of aromatic nitrogens is 2. The maximum atomic E-state index is 10.7. The van der Waals surface area contributed by atoms with Gasteiger partial charge in [-0.3, -0.25) is 10.1 Å². The lowest BCUT2D eigenvalue weighted by Gasteiger charge is -2.02. The van der Waals surface area contributed by atoms with Crippen molar-refractivity contribution in [2.24, 2.45) is 0 Å². The summed E-state index contributed by atoms with van der Waals surface area (Å²) in [6.45, 7) is 0. The topological polar surface area (TPSA) is 82.1 Å². The summed E-state index contributed by atoms with van der Waals surface area (Å²) >= 11 is 13.5. The largest absolute Gasteiger partial charge is 0.420 e. The molecular formula is C15H9Cl2N3O3S. The first-order valence-electron chi connectivity index (χ1n) is 6.68. The van der Waals surface area contributed by atoms with E-state index in [0.29, 0.717) is 33.1 Å². The fourth-order valence-electron chi connectivity index (χ4n) is 1.88. The van der Waals surface area contributed by atoms with Crippen LogP contribution in [0.1, 0.15) is 5.89 Å². The quantitative estimate of drug-likeness (QED) is 0.341. The fraction of sp³-hybridized carbons (Fsp3) is 0.0667. The van der Waals surface area contributed by atoms with Gasteiger partial charge < -0.3 is 4.42 Å². The monoisotopic (exact) mass is 381 g/mol. The van der Waals surface area contributed by atoms with Gasteiger partial charge in [0.15, 0.2) is 0 Å². The molecule has 0 saturated heterocycles. The first-order chi connectivity index (χ1) is 11.5. The number of nitrogens with zero attached hydrogens (tertiary/aromatic N) is 3. The summed E-state index contributed by atoms with van der Waals surface area (Å²) in [5, 5.41) is 19.8. The summed E-state index contributed by atoms with van der Waals surface area (Å²) in [6, 6.07) is 11.1. The predicted molar refractivity (Wildman–Crippen MR) is 92.4 cm³/mol. The third-order valence-corrected chi connectivity index (χ3v) is 4.75. The van der Waals surface area contributed by atoms with Crippen LogP contribution in [-0.2, 0) is 5.75 Å². The second-order valence-corrected chi connectivity index (χ2v) is 6.53. The van der Waals surface area contributed by atoms with E-state index >= 15 is 0 Å². The summed E-state index contributed by atoms with van der Waals surface area (Å²) in [7, 11) is 0. The summed E-state index contributed by atoms with van der Waals surface area (Å²) in [5.41, 5.74) is 0.620. The van der Waals surface area contributed by atoms with Crippen molar-refractivity contribution in [3.05, 3.63) is 68.5 Å². The minimum Gasteiger partial charge on any atom is -0.420 e. The van der Waals surface area contributed by atoms with Gasteiger partial charge in [-0.1, -0.05) is 23.2 Å². The van der Waals surface area contributed by atoms with Gasteiger partial charge in [0.2, 0.25) is 11.8 Å². The van der Waals surface area contributed by atoms with Crippen molar-refractivity contribution >= 4 is 40.7 Å². The molecule has 3 aromatic rings. The minimum atomic E-state index is -0.464. The van der Waals surface area contributed by atoms with Crippen molar-refractivity contribution in [3.63, 3.8) is 0 Å². The van der Waals surface area contributed by atoms with Crippen LogP contribution in [0.2, 0.25) is 10.0 Å². The molecule has 6 nitrogen and oxygen atoms in total. The summed E-state index contributed by atoms with van der Waals surface area (Å²) in [6.07, 6.45) is 0. The molecule has 1 aromatic heterocycles. The Labute approximate surface area is 150 Å². The highest BCUT2D eigenvalue weighted by Crippen LogP contribution is 2.32. The Kier molecular flexibility index (Phi) is 5.03. The van der Waals surface area contributed by atoms with Gasteiger partial charge >= 0.3 is 0 Å². The zero-order chi connectivity index (χ0) is 17.1. The third kappa shape index (κ3) is 3.87. The predicted octanol–water partition coefficient (Wildman–Crippen LogP) is 5.24. The van der Waals surface area contributed by atoms with Crippen LogP contribution in [0.5, 0.6) is 0 Å². The number of rotatable bonds is 5. The lowest BCUT2D eigenvalue weighted by molar-refractivity contribution is -0.384. The molecule has 2 aromatic carbocycles. The molecule has 0 aliphatic carbocycles. The Hall–Kier alpha value is -2.09. The molecule has 0 amide bonds. The smallest absolute Gasteiger partial charge is 0.269 e. The van der Waals surface area contributed by atoms with E-state index in [2.05, 4.69) is 10.2 Å². The standard InChI is InChI=1S/C15H9Cl2N3O3S/c16-10-3-6-12(17)13(7-10)24-8-14-18-19-15(23-14)9-1-4-11(5-2-9)20(21)22/h1-7H,8H2. The number of hydrogen-bond donors (Lipinski definition) is 0. The molecule has 1 heterocycles. The van der Waals surface area contributed by atoms with Gasteiger partial charge in [-0.25, -0.2) is 0 Å². The average molecular weight is 382 g/mol. The molecule has 0 atom stereocenters. The van der Waals surface area contributed by atoms with Crippen LogP contribution in [0.25, 0.3) is 11.5 Å². The van der Waals surface area contributed by atoms with E-state index in [0.717, 1.165) is 4.90 Å². The molecule has 0 spiro atoms. The van der Waals surface area contributed by atoms with E-state index in [1.54, 1.807) is 30.3 Å². The van der Waals surface area contributed by atoms with Gasteiger partial charge in [-0.05, 0) is 30.3 Å². The zero-order valence-electron chi connectivity index (χ0n) is 12.0. The molecule has 122 valence electrons. The van der Waals surface area contributed by atoms with Gasteiger partial charge in [-0.2, -0.15) is 0 Å². The molecule has 9 heteroatoms. The van der Waals surface area contributed by atoms with Crippen molar-refractivity contribution in [1.82, 2.24) is 10.2 Å². The maximum Gasteiger partial charge on any atom is 0.269 e. The highest BCUT2D eigenvalue weighted by molar-refractivity contribution is 7.98. The average Bonchev–Trinajstić information content (AvgIpc) is 3.05. The second-order valence-electron chi connectivity index (χ2n) is 4.67. The molecule has 0 aliphatic rings. The van der Waals surface area contributed by atoms with Crippen LogP contribution in [0.15, 0.2) is 51.8 Å². The van der Waals surface area contributed by atoms with Crippen molar-refractivity contribution < 1.29 is 9.34 Å². The number of nitro benzene ring substituents is 1. The maximum absolute atomic E-state index is 10.7. The fourth-order valence-corrected chi connectivity index (χ4v) is 3.21. The number of thioether (sulfide) groups is 1. The van der Waals surface area contributed by atoms with Crippen molar-refractivity contribution in [2.45, 2.75) is 10.6 Å². The Bertz CT molecular complexity index is 884. The van der Waals surface area contributed by atoms with Gasteiger partial charge in [-0.15, -0.1) is 22.0 Å². The Morgan fingerprint density at radius 1 is 1.12 bits per heavy atom. The van der Waals surface area contributed by atoms with E-state index in [4.69, 9.17) is 27.6 Å². The van der Waals surface area contributed by atoms with E-state index in [1.165, 1.54) is 23.9 Å². The summed E-state index contributed by atoms with van der Waals surface area (Å²) < 4.78 is 5.57. The van der Waals surface area contributed by atoms with E-state index < -0.39 is 4.92 Å². The molecule has 0 bridgehead atoms. The molecule has 0 saturated carbocycles. The zero-order valence-corrected chi connectivity index (χ0v) is 14.3. The first kappa shape index (κ1) is 16.8. The first-order valence-corrected chi connectivity index (χ1v) is 8.42. The molecule has 0 radical (unpaired) electrons. The molecule has 0 N–H and O–H groups in total. The van der Waals surface area contributed by atoms with Crippen molar-refractivity contribution in [3.8, 4) is 11.5 Å². The number of nitro groups is 1. The number of benzene rings is 2.